The Morgan fingerprint density at radius 2 is 1.91 bits per heavy atom. The lowest BCUT2D eigenvalue weighted by molar-refractivity contribution is -0.138. The van der Waals surface area contributed by atoms with Gasteiger partial charge < -0.3 is 14.7 Å². The third-order valence-corrected chi connectivity index (χ3v) is 4.18. The van der Waals surface area contributed by atoms with Crippen molar-refractivity contribution in [2.24, 2.45) is 0 Å². The van der Waals surface area contributed by atoms with Crippen LogP contribution >= 0.6 is 0 Å². The highest BCUT2D eigenvalue weighted by Gasteiger charge is 2.26. The minimum absolute atomic E-state index is 0.113. The molecule has 1 atom stereocenters. The van der Waals surface area contributed by atoms with Gasteiger partial charge in [0.15, 0.2) is 0 Å². The lowest BCUT2D eigenvalue weighted by Crippen LogP contribution is -2.42. The normalized spacial score (nSPS) is 17.1. The van der Waals surface area contributed by atoms with Crippen molar-refractivity contribution in [3.8, 4) is 0 Å². The predicted octanol–water partition coefficient (Wildman–Crippen LogP) is 2.49. The number of carbonyl (C=O) groups excluding carboxylic acids is 1. The van der Waals surface area contributed by atoms with Crippen LogP contribution in [0.5, 0.6) is 0 Å². The smallest absolute Gasteiger partial charge is 0.303 e. The quantitative estimate of drug-likeness (QED) is 0.710. The van der Waals surface area contributed by atoms with Gasteiger partial charge in [-0.2, -0.15) is 0 Å². The van der Waals surface area contributed by atoms with Crippen molar-refractivity contribution >= 4 is 11.9 Å². The highest BCUT2D eigenvalue weighted by atomic mass is 16.5. The van der Waals surface area contributed by atoms with E-state index in [0.717, 1.165) is 12.8 Å². The van der Waals surface area contributed by atoms with Crippen LogP contribution in [0.2, 0.25) is 0 Å². The monoisotopic (exact) mass is 319 g/mol. The van der Waals surface area contributed by atoms with E-state index >= 15 is 0 Å². The van der Waals surface area contributed by atoms with E-state index in [4.69, 9.17) is 9.84 Å². The van der Waals surface area contributed by atoms with E-state index in [2.05, 4.69) is 12.1 Å². The topological polar surface area (TPSA) is 66.8 Å². The highest BCUT2D eigenvalue weighted by Crippen LogP contribution is 2.16. The fourth-order valence-electron chi connectivity index (χ4n) is 2.87. The molecule has 5 nitrogen and oxygen atoms in total. The molecule has 0 bridgehead atoms. The summed E-state index contributed by atoms with van der Waals surface area (Å²) < 4.78 is 5.43. The summed E-state index contributed by atoms with van der Waals surface area (Å²) in [5, 5.41) is 8.66. The highest BCUT2D eigenvalue weighted by molar-refractivity contribution is 5.76. The van der Waals surface area contributed by atoms with Gasteiger partial charge in [-0.05, 0) is 31.2 Å². The third kappa shape index (κ3) is 6.02. The van der Waals surface area contributed by atoms with Gasteiger partial charge in [-0.15, -0.1) is 0 Å². The van der Waals surface area contributed by atoms with E-state index in [1.165, 1.54) is 5.56 Å². The van der Waals surface area contributed by atoms with Crippen LogP contribution in [0, 0.1) is 0 Å². The van der Waals surface area contributed by atoms with E-state index in [-0.39, 0.29) is 18.4 Å². The Hall–Kier alpha value is -1.88. The molecular weight excluding hydrogens is 294 g/mol. The molecule has 0 saturated carbocycles. The van der Waals surface area contributed by atoms with Crippen molar-refractivity contribution in [3.05, 3.63) is 35.9 Å². The molecule has 0 radical (unpaired) electrons. The van der Waals surface area contributed by atoms with Crippen molar-refractivity contribution in [2.75, 3.05) is 19.8 Å². The van der Waals surface area contributed by atoms with Gasteiger partial charge in [-0.1, -0.05) is 30.3 Å². The predicted molar refractivity (Wildman–Crippen MR) is 87.2 cm³/mol. The molecule has 126 valence electrons. The largest absolute Gasteiger partial charge is 0.481 e. The number of carbonyl (C=O) groups is 2. The van der Waals surface area contributed by atoms with E-state index in [0.29, 0.717) is 39.0 Å². The molecule has 1 aliphatic heterocycles. The van der Waals surface area contributed by atoms with Crippen LogP contribution in [0.4, 0.5) is 0 Å². The fraction of sp³-hybridized carbons (Fsp3) is 0.556. The minimum atomic E-state index is -0.803. The number of amides is 1. The van der Waals surface area contributed by atoms with Crippen LogP contribution < -0.4 is 0 Å². The second-order valence-electron chi connectivity index (χ2n) is 5.94. The van der Waals surface area contributed by atoms with E-state index in [1.54, 1.807) is 0 Å². The summed E-state index contributed by atoms with van der Waals surface area (Å²) in [6.07, 6.45) is 3.44. The molecule has 1 heterocycles. The van der Waals surface area contributed by atoms with Gasteiger partial charge >= 0.3 is 5.97 Å². The first-order chi connectivity index (χ1) is 11.2. The minimum Gasteiger partial charge on any atom is -0.481 e. The number of benzene rings is 1. The van der Waals surface area contributed by atoms with Crippen molar-refractivity contribution in [3.63, 3.8) is 0 Å². The number of carboxylic acid groups (broad SMARTS) is 1. The molecule has 1 fully saturated rings. The molecule has 1 unspecified atom stereocenters. The molecule has 1 saturated heterocycles. The first-order valence-electron chi connectivity index (χ1n) is 8.30. The van der Waals surface area contributed by atoms with Gasteiger partial charge in [0.2, 0.25) is 5.91 Å². The number of hydrogen-bond acceptors (Lipinski definition) is 3. The maximum Gasteiger partial charge on any atom is 0.303 e. The maximum absolute atomic E-state index is 12.5. The lowest BCUT2D eigenvalue weighted by atomic mass is 10.1. The molecular formula is C18H25NO4. The molecule has 1 aliphatic rings. The average molecular weight is 319 g/mol. The summed E-state index contributed by atoms with van der Waals surface area (Å²) >= 11 is 0. The van der Waals surface area contributed by atoms with Crippen LogP contribution in [0.1, 0.15) is 37.7 Å². The van der Waals surface area contributed by atoms with E-state index in [9.17, 15) is 9.59 Å². The zero-order valence-electron chi connectivity index (χ0n) is 13.4. The number of nitrogens with zero attached hydrogens (tertiary/aromatic N) is 1. The van der Waals surface area contributed by atoms with E-state index < -0.39 is 5.97 Å². The van der Waals surface area contributed by atoms with Gasteiger partial charge in [-0.25, -0.2) is 0 Å². The van der Waals surface area contributed by atoms with Gasteiger partial charge in [0.05, 0.1) is 12.6 Å². The fourth-order valence-corrected chi connectivity index (χ4v) is 2.87. The summed E-state index contributed by atoms with van der Waals surface area (Å²) in [5.41, 5.74) is 1.22. The first-order valence-corrected chi connectivity index (χ1v) is 8.30. The summed E-state index contributed by atoms with van der Waals surface area (Å²) in [6, 6.07) is 10.3. The molecule has 1 amide bonds. The molecule has 1 N–H and O–H groups in total. The lowest BCUT2D eigenvalue weighted by Gasteiger charge is -2.28. The molecule has 1 aromatic rings. The van der Waals surface area contributed by atoms with Crippen LogP contribution in [-0.4, -0.2) is 47.7 Å². The number of aliphatic carboxylic acids is 1. The summed E-state index contributed by atoms with van der Waals surface area (Å²) in [6.45, 7) is 2.00. The summed E-state index contributed by atoms with van der Waals surface area (Å²) in [4.78, 5) is 25.0. The Kier molecular flexibility index (Phi) is 7.07. The molecule has 0 spiro atoms. The molecule has 0 aliphatic carbocycles. The standard InChI is InChI=1S/C18H25NO4/c20-17(8-4-5-9-18(21)22)19(16-11-13-23-14-16)12-10-15-6-2-1-3-7-15/h1-3,6-7,16H,4-5,8-14H2,(H,21,22). The number of unbranched alkanes of at least 4 members (excludes halogenated alkanes) is 1. The summed E-state index contributed by atoms with van der Waals surface area (Å²) in [5.74, 6) is -0.690. The van der Waals surface area contributed by atoms with Crippen LogP contribution in [0.25, 0.3) is 0 Å². The van der Waals surface area contributed by atoms with Gasteiger partial charge in [-0.3, -0.25) is 9.59 Å². The first kappa shape index (κ1) is 17.5. The van der Waals surface area contributed by atoms with Crippen molar-refractivity contribution in [2.45, 2.75) is 44.6 Å². The Balaban J connectivity index is 1.85. The number of carboxylic acids is 1. The molecule has 2 rings (SSSR count). The average Bonchev–Trinajstić information content (AvgIpc) is 3.07. The molecule has 23 heavy (non-hydrogen) atoms. The SMILES string of the molecule is O=C(O)CCCCC(=O)N(CCc1ccccc1)C1CCOC1. The summed E-state index contributed by atoms with van der Waals surface area (Å²) in [7, 11) is 0. The van der Waals surface area contributed by atoms with Gasteiger partial charge in [0, 0.05) is 26.0 Å². The Labute approximate surface area is 137 Å². The number of ether oxygens (including phenoxy) is 1. The van der Waals surface area contributed by atoms with Gasteiger partial charge in [0.1, 0.15) is 0 Å². The molecule has 5 heteroatoms. The van der Waals surface area contributed by atoms with Crippen LogP contribution in [0.15, 0.2) is 30.3 Å². The van der Waals surface area contributed by atoms with Crippen LogP contribution in [-0.2, 0) is 20.7 Å². The zero-order chi connectivity index (χ0) is 16.5. The second-order valence-corrected chi connectivity index (χ2v) is 5.94. The molecule has 0 aromatic heterocycles. The van der Waals surface area contributed by atoms with E-state index in [1.807, 2.05) is 23.1 Å². The zero-order valence-corrected chi connectivity index (χ0v) is 13.4. The third-order valence-electron chi connectivity index (χ3n) is 4.18. The Morgan fingerprint density at radius 3 is 2.57 bits per heavy atom. The Bertz CT molecular complexity index is 497. The number of rotatable bonds is 9. The van der Waals surface area contributed by atoms with Crippen molar-refractivity contribution in [1.29, 1.82) is 0 Å². The van der Waals surface area contributed by atoms with Crippen LogP contribution in [0.3, 0.4) is 0 Å². The molecule has 1 aromatic carbocycles. The van der Waals surface area contributed by atoms with Crippen molar-refractivity contribution < 1.29 is 19.4 Å². The maximum atomic E-state index is 12.5. The second kappa shape index (κ2) is 9.30. The number of hydrogen-bond donors (Lipinski definition) is 1. The van der Waals surface area contributed by atoms with Crippen molar-refractivity contribution in [1.82, 2.24) is 4.90 Å². The Morgan fingerprint density at radius 1 is 1.17 bits per heavy atom. The van der Waals surface area contributed by atoms with Gasteiger partial charge in [0.25, 0.3) is 0 Å².